The fourth-order valence-corrected chi connectivity index (χ4v) is 5.17. The Kier molecular flexibility index (Phi) is 6.59. The molecule has 0 spiro atoms. The van der Waals surface area contributed by atoms with Crippen LogP contribution in [0.4, 0.5) is 30.6 Å². The molecule has 14 heteroatoms. The van der Waals surface area contributed by atoms with Crippen LogP contribution >= 0.6 is 0 Å². The summed E-state index contributed by atoms with van der Waals surface area (Å²) in [4.78, 5) is 12.4. The molecular weight excluding hydrogens is 523 g/mol. The summed E-state index contributed by atoms with van der Waals surface area (Å²) in [6.45, 7) is -0.341. The normalized spacial score (nSPS) is 15.1. The quantitative estimate of drug-likeness (QED) is 0.272. The Hall–Kier alpha value is -4.30. The number of sulfone groups is 1. The minimum atomic E-state index is -4.75. The van der Waals surface area contributed by atoms with Crippen molar-refractivity contribution >= 4 is 33.4 Å². The highest BCUT2D eigenvalue weighted by atomic mass is 32.2. The van der Waals surface area contributed by atoms with Gasteiger partial charge in [0.1, 0.15) is 5.82 Å². The van der Waals surface area contributed by atoms with Gasteiger partial charge in [0.15, 0.2) is 15.7 Å². The van der Waals surface area contributed by atoms with E-state index in [0.29, 0.717) is 16.8 Å². The summed E-state index contributed by atoms with van der Waals surface area (Å²) in [6.07, 6.45) is -0.233. The van der Waals surface area contributed by atoms with Gasteiger partial charge in [-0.15, -0.1) is 5.10 Å². The number of alkyl halides is 3. The lowest BCUT2D eigenvalue weighted by atomic mass is 10.1. The van der Waals surface area contributed by atoms with Crippen LogP contribution in [-0.2, 0) is 16.0 Å². The molecule has 0 radical (unpaired) electrons. The van der Waals surface area contributed by atoms with E-state index in [1.807, 2.05) is 6.07 Å². The first-order valence-electron chi connectivity index (χ1n) is 11.2. The molecule has 4 N–H and O–H groups in total. The van der Waals surface area contributed by atoms with Gasteiger partial charge in [-0.1, -0.05) is 42.5 Å². The average molecular weight is 544 g/mol. The molecule has 0 unspecified atom stereocenters. The zero-order valence-corrected chi connectivity index (χ0v) is 20.3. The number of fused-ring (bicyclic) bond motifs is 1. The number of rotatable bonds is 7. The van der Waals surface area contributed by atoms with E-state index >= 15 is 0 Å². The van der Waals surface area contributed by atoms with Crippen LogP contribution < -0.4 is 10.6 Å². The van der Waals surface area contributed by atoms with Gasteiger partial charge in [-0.2, -0.15) is 18.2 Å². The van der Waals surface area contributed by atoms with Crippen molar-refractivity contribution in [2.24, 2.45) is 0 Å². The van der Waals surface area contributed by atoms with Crippen LogP contribution in [-0.4, -0.2) is 51.0 Å². The lowest BCUT2D eigenvalue weighted by molar-refractivity contribution is -0.144. The Bertz CT molecular complexity index is 1610. The van der Waals surface area contributed by atoms with E-state index in [1.54, 1.807) is 48.6 Å². The molecule has 1 aliphatic heterocycles. The summed E-state index contributed by atoms with van der Waals surface area (Å²) < 4.78 is 63.8. The van der Waals surface area contributed by atoms with Crippen LogP contribution in [0.5, 0.6) is 0 Å². The molecule has 10 nitrogen and oxygen atoms in total. The summed E-state index contributed by atoms with van der Waals surface area (Å²) in [5, 5.41) is 21.5. The minimum Gasteiger partial charge on any atom is -0.394 e. The second-order valence-corrected chi connectivity index (χ2v) is 10.3. The maximum Gasteiger partial charge on any atom is 0.453 e. The Morgan fingerprint density at radius 3 is 2.61 bits per heavy atom. The molecule has 0 saturated heterocycles. The molecule has 0 bridgehead atoms. The number of aromatic nitrogens is 5. The average Bonchev–Trinajstić information content (AvgIpc) is 3.39. The number of aromatic amines is 1. The van der Waals surface area contributed by atoms with E-state index in [1.165, 1.54) is 12.3 Å². The number of nitrogens with zero attached hydrogens (tertiary/aromatic N) is 4. The van der Waals surface area contributed by atoms with Gasteiger partial charge in [-0.25, -0.2) is 18.4 Å². The molecule has 2 aromatic carbocycles. The van der Waals surface area contributed by atoms with Crippen LogP contribution in [0.15, 0.2) is 65.7 Å². The molecule has 3 heterocycles. The van der Waals surface area contributed by atoms with Crippen molar-refractivity contribution in [1.82, 2.24) is 25.1 Å². The highest BCUT2D eigenvalue weighted by Gasteiger charge is 2.36. The molecule has 0 aliphatic carbocycles. The number of aliphatic hydroxyl groups excluding tert-OH is 1. The van der Waals surface area contributed by atoms with Gasteiger partial charge in [0.2, 0.25) is 5.95 Å². The van der Waals surface area contributed by atoms with E-state index < -0.39 is 27.9 Å². The molecule has 38 heavy (non-hydrogen) atoms. The summed E-state index contributed by atoms with van der Waals surface area (Å²) in [5.74, 6) is -1.49. The first-order valence-corrected chi connectivity index (χ1v) is 12.9. The highest BCUT2D eigenvalue weighted by molar-refractivity contribution is 7.91. The Morgan fingerprint density at radius 1 is 1.11 bits per heavy atom. The van der Waals surface area contributed by atoms with E-state index in [2.05, 4.69) is 35.8 Å². The molecule has 1 aliphatic rings. The van der Waals surface area contributed by atoms with E-state index in [0.717, 1.165) is 0 Å². The maximum atomic E-state index is 13.1. The standard InChI is InChI=1S/C24H20F3N7O3S/c25-24(26,27)22-31-21(33-34-22)17-12-28-23(32-20(17)30-18(13-35)14-5-2-1-3-6-14)29-16-8-9-19-15(11-16)7-4-10-38(19,36)37/h1-9,11-12,18,35H,10,13H2,(H,31,33,34)(H2,28,29,30,32)/t18-/m1/s1. The summed E-state index contributed by atoms with van der Waals surface area (Å²) in [5.41, 5.74) is 1.80. The number of anilines is 3. The van der Waals surface area contributed by atoms with Gasteiger partial charge in [0, 0.05) is 11.9 Å². The monoisotopic (exact) mass is 543 g/mol. The molecule has 4 aromatic rings. The third-order valence-electron chi connectivity index (χ3n) is 5.69. The van der Waals surface area contributed by atoms with Crippen molar-refractivity contribution in [2.75, 3.05) is 23.0 Å². The molecule has 196 valence electrons. The third-order valence-corrected chi connectivity index (χ3v) is 7.37. The Labute approximate surface area is 214 Å². The van der Waals surface area contributed by atoms with E-state index in [4.69, 9.17) is 0 Å². The fraction of sp³-hybridized carbons (Fsp3) is 0.167. The van der Waals surface area contributed by atoms with Crippen LogP contribution in [0.1, 0.15) is 23.0 Å². The molecule has 0 amide bonds. The van der Waals surface area contributed by atoms with Crippen LogP contribution in [0.2, 0.25) is 0 Å². The Balaban J connectivity index is 1.51. The van der Waals surface area contributed by atoms with Gasteiger partial charge >= 0.3 is 6.18 Å². The third kappa shape index (κ3) is 5.21. The summed E-state index contributed by atoms with van der Waals surface area (Å²) >= 11 is 0. The highest BCUT2D eigenvalue weighted by Crippen LogP contribution is 2.32. The van der Waals surface area contributed by atoms with E-state index in [-0.39, 0.29) is 40.4 Å². The first-order chi connectivity index (χ1) is 18.1. The van der Waals surface area contributed by atoms with Gasteiger partial charge in [-0.3, -0.25) is 5.10 Å². The minimum absolute atomic E-state index is 0.0687. The number of hydrogen-bond acceptors (Lipinski definition) is 9. The van der Waals surface area contributed by atoms with Crippen molar-refractivity contribution in [3.63, 3.8) is 0 Å². The van der Waals surface area contributed by atoms with Crippen molar-refractivity contribution in [1.29, 1.82) is 0 Å². The number of H-pyrrole nitrogens is 1. The van der Waals surface area contributed by atoms with Crippen molar-refractivity contribution in [2.45, 2.75) is 17.1 Å². The SMILES string of the molecule is O=S1(=O)CC=Cc2cc(Nc3ncc(-c4nc(C(F)(F)F)n[nH]4)c(N[C@H](CO)c4ccccc4)n3)ccc21. The Morgan fingerprint density at radius 2 is 1.89 bits per heavy atom. The smallest absolute Gasteiger partial charge is 0.394 e. The van der Waals surface area contributed by atoms with Gasteiger partial charge in [0.05, 0.1) is 28.9 Å². The lowest BCUT2D eigenvalue weighted by Gasteiger charge is -2.19. The maximum absolute atomic E-state index is 13.1. The molecule has 1 atom stereocenters. The van der Waals surface area contributed by atoms with Gasteiger partial charge < -0.3 is 15.7 Å². The number of benzene rings is 2. The zero-order valence-electron chi connectivity index (χ0n) is 19.4. The summed E-state index contributed by atoms with van der Waals surface area (Å²) in [6, 6.07) is 12.9. The van der Waals surface area contributed by atoms with Crippen LogP contribution in [0, 0.1) is 0 Å². The topological polar surface area (TPSA) is 146 Å². The molecule has 5 rings (SSSR count). The first kappa shape index (κ1) is 25.4. The van der Waals surface area contributed by atoms with E-state index in [9.17, 15) is 26.7 Å². The van der Waals surface area contributed by atoms with Crippen molar-refractivity contribution < 1.29 is 26.7 Å². The second-order valence-electron chi connectivity index (χ2n) is 8.31. The molecule has 0 saturated carbocycles. The molecular formula is C24H20F3N7O3S. The van der Waals surface area contributed by atoms with Gasteiger partial charge in [-0.05, 0) is 29.3 Å². The largest absolute Gasteiger partial charge is 0.453 e. The number of hydrogen-bond donors (Lipinski definition) is 4. The lowest BCUT2D eigenvalue weighted by Crippen LogP contribution is -2.17. The van der Waals surface area contributed by atoms with Gasteiger partial charge in [0.25, 0.3) is 5.82 Å². The predicted octanol–water partition coefficient (Wildman–Crippen LogP) is 3.97. The van der Waals surface area contributed by atoms with Crippen molar-refractivity contribution in [3.8, 4) is 11.4 Å². The predicted molar refractivity (Wildman–Crippen MR) is 133 cm³/mol. The van der Waals surface area contributed by atoms with Crippen LogP contribution in [0.3, 0.4) is 0 Å². The van der Waals surface area contributed by atoms with Crippen LogP contribution in [0.25, 0.3) is 17.5 Å². The number of aliphatic hydroxyl groups is 1. The summed E-state index contributed by atoms with van der Waals surface area (Å²) in [7, 11) is -3.40. The fourth-order valence-electron chi connectivity index (χ4n) is 3.88. The molecule has 0 fully saturated rings. The zero-order chi connectivity index (χ0) is 26.9. The number of nitrogens with one attached hydrogen (secondary N) is 3. The number of halogens is 3. The molecule has 2 aromatic heterocycles. The second kappa shape index (κ2) is 9.87. The van der Waals surface area contributed by atoms with Crippen molar-refractivity contribution in [3.05, 3.63) is 77.8 Å².